The number of anilines is 1. The average Bonchev–Trinajstić information content (AvgIpc) is 2.19. The average molecular weight is 188 g/mol. The van der Waals surface area contributed by atoms with E-state index in [0.29, 0.717) is 17.9 Å². The number of pyridine rings is 1. The van der Waals surface area contributed by atoms with Crippen molar-refractivity contribution in [2.24, 2.45) is 0 Å². The number of nitrogens with zero attached hydrogens (tertiary/aromatic N) is 1. The monoisotopic (exact) mass is 188 g/mol. The van der Waals surface area contributed by atoms with Gasteiger partial charge in [0.1, 0.15) is 0 Å². The highest BCUT2D eigenvalue weighted by molar-refractivity contribution is 6.08. The molecule has 0 fully saturated rings. The molecule has 1 atom stereocenters. The molecule has 0 aromatic carbocycles. The fourth-order valence-electron chi connectivity index (χ4n) is 1.25. The second kappa shape index (κ2) is 3.33. The summed E-state index contributed by atoms with van der Waals surface area (Å²) in [5.41, 5.74) is 0.724. The van der Waals surface area contributed by atoms with Crippen molar-refractivity contribution < 1.29 is 9.53 Å². The maximum absolute atomic E-state index is 11.2. The molecule has 1 N–H and O–H groups in total. The number of carbonyl (C=O) groups is 1. The molecule has 0 aliphatic carbocycles. The van der Waals surface area contributed by atoms with Gasteiger partial charge in [-0.3, -0.25) is 4.79 Å². The minimum absolute atomic E-state index is 0.181. The lowest BCUT2D eigenvalue weighted by Crippen LogP contribution is -2.34. The van der Waals surface area contributed by atoms with Crippen LogP contribution in [0.2, 0.25) is 0 Å². The zero-order chi connectivity index (χ0) is 10.1. The molecule has 2 rings (SSSR count). The lowest BCUT2D eigenvalue weighted by Gasteiger charge is -2.22. The summed E-state index contributed by atoms with van der Waals surface area (Å²) in [6, 6.07) is 3.55. The van der Waals surface area contributed by atoms with Crippen LogP contribution < -0.4 is 10.1 Å². The Morgan fingerprint density at radius 3 is 3.14 bits per heavy atom. The molecule has 1 aromatic heterocycles. The molecule has 1 unspecified atom stereocenters. The number of hydrogen-bond acceptors (Lipinski definition) is 3. The van der Waals surface area contributed by atoms with Gasteiger partial charge in [-0.05, 0) is 25.4 Å². The minimum Gasteiger partial charge on any atom is -0.477 e. The molecule has 1 aliphatic rings. The van der Waals surface area contributed by atoms with Gasteiger partial charge in [0.2, 0.25) is 0 Å². The third-order valence-corrected chi connectivity index (χ3v) is 2.04. The number of ether oxygens (including phenoxy) is 1. The maximum Gasteiger partial charge on any atom is 0.266 e. The highest BCUT2D eigenvalue weighted by atomic mass is 16.5. The third kappa shape index (κ3) is 1.45. The quantitative estimate of drug-likeness (QED) is 0.651. The van der Waals surface area contributed by atoms with Crippen LogP contribution in [0.3, 0.4) is 0 Å². The van der Waals surface area contributed by atoms with Crippen LogP contribution in [0.1, 0.15) is 12.6 Å². The zero-order valence-electron chi connectivity index (χ0n) is 7.78. The van der Waals surface area contributed by atoms with Crippen LogP contribution in [0.15, 0.2) is 12.1 Å². The number of fused-ring (bicyclic) bond motifs is 1. The number of rotatable bonds is 1. The van der Waals surface area contributed by atoms with Crippen LogP contribution in [0.25, 0.3) is 0 Å². The molecule has 4 nitrogen and oxygen atoms in total. The first-order chi connectivity index (χ1) is 6.70. The molecular weight excluding hydrogens is 179 g/mol. The van der Waals surface area contributed by atoms with E-state index in [1.165, 1.54) is 0 Å². The van der Waals surface area contributed by atoms with Crippen LogP contribution in [0.4, 0.5) is 5.82 Å². The Balaban J connectivity index is 2.37. The van der Waals surface area contributed by atoms with Gasteiger partial charge in [-0.25, -0.2) is 4.98 Å². The first kappa shape index (κ1) is 9.06. The third-order valence-electron chi connectivity index (χ3n) is 2.04. The van der Waals surface area contributed by atoms with E-state index in [9.17, 15) is 4.79 Å². The van der Waals surface area contributed by atoms with Crippen molar-refractivity contribution in [1.29, 1.82) is 0 Å². The number of aromatic nitrogens is 1. The van der Waals surface area contributed by atoms with Gasteiger partial charge in [0.15, 0.2) is 17.7 Å². The highest BCUT2D eigenvalue weighted by Crippen LogP contribution is 2.27. The number of carbonyl (C=O) groups excluding carboxylic acids is 1. The van der Waals surface area contributed by atoms with E-state index in [2.05, 4.69) is 10.3 Å². The first-order valence-electron chi connectivity index (χ1n) is 4.38. The first-order valence-corrected chi connectivity index (χ1v) is 4.38. The molecule has 0 saturated carbocycles. The molecular formula is C9H9BN2O2. The fourth-order valence-corrected chi connectivity index (χ4v) is 1.25. The van der Waals surface area contributed by atoms with Gasteiger partial charge in [-0.15, -0.1) is 0 Å². The highest BCUT2D eigenvalue weighted by Gasteiger charge is 2.24. The molecule has 0 saturated heterocycles. The summed E-state index contributed by atoms with van der Waals surface area (Å²) in [4.78, 5) is 15.4. The summed E-state index contributed by atoms with van der Waals surface area (Å²) in [5, 5.41) is 2.65. The molecule has 2 radical (unpaired) electrons. The van der Waals surface area contributed by atoms with Crippen molar-refractivity contribution in [2.75, 3.05) is 5.32 Å². The van der Waals surface area contributed by atoms with Gasteiger partial charge in [-0.2, -0.15) is 0 Å². The number of amides is 1. The van der Waals surface area contributed by atoms with E-state index in [4.69, 9.17) is 12.6 Å². The molecule has 5 heteroatoms. The standard InChI is InChI=1S/C9H9BN2O2/c1-5-9(13)12-8-7(14-5)3-2-6(4-10)11-8/h2-3,5H,4H2,1H3,(H,11,12,13). The lowest BCUT2D eigenvalue weighted by molar-refractivity contribution is -0.122. The van der Waals surface area contributed by atoms with E-state index in [0.717, 1.165) is 5.69 Å². The van der Waals surface area contributed by atoms with Crippen LogP contribution in [-0.4, -0.2) is 24.8 Å². The minimum atomic E-state index is -0.465. The number of hydrogen-bond donors (Lipinski definition) is 1. The topological polar surface area (TPSA) is 51.2 Å². The van der Waals surface area contributed by atoms with Crippen molar-refractivity contribution in [3.8, 4) is 5.75 Å². The molecule has 70 valence electrons. The zero-order valence-corrected chi connectivity index (χ0v) is 7.78. The van der Waals surface area contributed by atoms with E-state index >= 15 is 0 Å². The largest absolute Gasteiger partial charge is 0.477 e. The molecule has 1 aromatic rings. The summed E-state index contributed by atoms with van der Waals surface area (Å²) in [7, 11) is 5.43. The molecule has 0 spiro atoms. The predicted molar refractivity (Wildman–Crippen MR) is 52.4 cm³/mol. The number of nitrogens with one attached hydrogen (secondary N) is 1. The van der Waals surface area contributed by atoms with Gasteiger partial charge in [0.25, 0.3) is 5.91 Å². The van der Waals surface area contributed by atoms with Gasteiger partial charge in [-0.1, -0.05) is 0 Å². The molecule has 2 heterocycles. The Morgan fingerprint density at radius 1 is 1.64 bits per heavy atom. The van der Waals surface area contributed by atoms with Crippen LogP contribution in [0, 0.1) is 0 Å². The molecule has 1 amide bonds. The second-order valence-electron chi connectivity index (χ2n) is 3.10. The molecule has 14 heavy (non-hydrogen) atoms. The lowest BCUT2D eigenvalue weighted by atomic mass is 10.0. The van der Waals surface area contributed by atoms with E-state index in [1.54, 1.807) is 19.1 Å². The second-order valence-corrected chi connectivity index (χ2v) is 3.10. The van der Waals surface area contributed by atoms with Gasteiger partial charge in [0, 0.05) is 5.69 Å². The Morgan fingerprint density at radius 2 is 2.43 bits per heavy atom. The van der Waals surface area contributed by atoms with Gasteiger partial charge < -0.3 is 10.1 Å². The van der Waals surface area contributed by atoms with E-state index < -0.39 is 6.10 Å². The fraction of sp³-hybridized carbons (Fsp3) is 0.333. The summed E-state index contributed by atoms with van der Waals surface area (Å²) in [6.07, 6.45) is -0.119. The summed E-state index contributed by atoms with van der Waals surface area (Å²) in [6.45, 7) is 1.69. The normalized spacial score (nSPS) is 19.5. The summed E-state index contributed by atoms with van der Waals surface area (Å²) >= 11 is 0. The van der Waals surface area contributed by atoms with Gasteiger partial charge in [0.05, 0.1) is 7.85 Å². The Hall–Kier alpha value is -1.52. The van der Waals surface area contributed by atoms with Crippen molar-refractivity contribution in [2.45, 2.75) is 19.3 Å². The van der Waals surface area contributed by atoms with Crippen molar-refractivity contribution in [3.63, 3.8) is 0 Å². The Bertz CT molecular complexity index is 381. The predicted octanol–water partition coefficient (Wildman–Crippen LogP) is 0.469. The molecule has 0 bridgehead atoms. The molecule has 1 aliphatic heterocycles. The van der Waals surface area contributed by atoms with Gasteiger partial charge >= 0.3 is 0 Å². The van der Waals surface area contributed by atoms with E-state index in [-0.39, 0.29) is 5.91 Å². The Kier molecular flexibility index (Phi) is 2.15. The smallest absolute Gasteiger partial charge is 0.266 e. The maximum atomic E-state index is 11.2. The van der Waals surface area contributed by atoms with Crippen LogP contribution >= 0.6 is 0 Å². The van der Waals surface area contributed by atoms with Crippen LogP contribution in [0.5, 0.6) is 5.75 Å². The Labute approximate surface area is 83.1 Å². The van der Waals surface area contributed by atoms with Crippen molar-refractivity contribution in [1.82, 2.24) is 4.98 Å². The summed E-state index contributed by atoms with van der Waals surface area (Å²) < 4.78 is 5.33. The van der Waals surface area contributed by atoms with Crippen molar-refractivity contribution >= 4 is 19.6 Å². The van der Waals surface area contributed by atoms with Crippen molar-refractivity contribution in [3.05, 3.63) is 17.8 Å². The van der Waals surface area contributed by atoms with Crippen LogP contribution in [-0.2, 0) is 11.1 Å². The van der Waals surface area contributed by atoms with E-state index in [1.807, 2.05) is 0 Å². The summed E-state index contributed by atoms with van der Waals surface area (Å²) in [5.74, 6) is 0.865. The SMILES string of the molecule is [B]Cc1ccc2c(n1)NC(=O)C(C)O2.